The zero-order valence-electron chi connectivity index (χ0n) is 10.6. The van der Waals surface area contributed by atoms with Crippen LogP contribution in [0.2, 0.25) is 0 Å². The van der Waals surface area contributed by atoms with Crippen molar-refractivity contribution >= 4 is 11.0 Å². The quantitative estimate of drug-likeness (QED) is 0.751. The van der Waals surface area contributed by atoms with Crippen molar-refractivity contribution < 1.29 is 4.42 Å². The average Bonchev–Trinajstić information content (AvgIpc) is 2.94. The van der Waals surface area contributed by atoms with Crippen molar-refractivity contribution in [2.24, 2.45) is 5.92 Å². The van der Waals surface area contributed by atoms with Gasteiger partial charge in [0.25, 0.3) is 0 Å². The number of imidazole rings is 1. The first kappa shape index (κ1) is 11.1. The molecule has 0 aliphatic rings. The fourth-order valence-electron chi connectivity index (χ4n) is 2.14. The summed E-state index contributed by atoms with van der Waals surface area (Å²) in [5, 5.41) is 0. The summed E-state index contributed by atoms with van der Waals surface area (Å²) in [6.07, 6.45) is 2.67. The first-order chi connectivity index (χ1) is 8.72. The molecule has 0 spiro atoms. The molecule has 1 aromatic carbocycles. The van der Waals surface area contributed by atoms with E-state index in [1.54, 1.807) is 6.26 Å². The number of aromatic amines is 1. The maximum atomic E-state index is 5.41. The molecule has 0 radical (unpaired) electrons. The monoisotopic (exact) mass is 240 g/mol. The second-order valence-corrected chi connectivity index (χ2v) is 4.99. The summed E-state index contributed by atoms with van der Waals surface area (Å²) in [4.78, 5) is 7.97. The Morgan fingerprint density at radius 1 is 1.28 bits per heavy atom. The molecule has 3 heteroatoms. The molecule has 1 N–H and O–H groups in total. The fraction of sp³-hybridized carbons (Fsp3) is 0.267. The van der Waals surface area contributed by atoms with E-state index in [4.69, 9.17) is 4.42 Å². The van der Waals surface area contributed by atoms with Crippen LogP contribution in [0.5, 0.6) is 0 Å². The van der Waals surface area contributed by atoms with Crippen molar-refractivity contribution in [3.8, 4) is 11.3 Å². The molecule has 0 aliphatic heterocycles. The van der Waals surface area contributed by atoms with Gasteiger partial charge in [-0.05, 0) is 36.2 Å². The second-order valence-electron chi connectivity index (χ2n) is 4.99. The van der Waals surface area contributed by atoms with Gasteiger partial charge in [-0.3, -0.25) is 0 Å². The minimum atomic E-state index is 0.607. The summed E-state index contributed by atoms with van der Waals surface area (Å²) in [6, 6.07) is 10.0. The Bertz CT molecular complexity index is 650. The van der Waals surface area contributed by atoms with Crippen LogP contribution >= 0.6 is 0 Å². The molecular formula is C15H16N2O. The number of fused-ring (bicyclic) bond motifs is 1. The molecule has 18 heavy (non-hydrogen) atoms. The highest BCUT2D eigenvalue weighted by molar-refractivity contribution is 5.80. The number of benzene rings is 1. The first-order valence-corrected chi connectivity index (χ1v) is 6.25. The molecule has 0 aliphatic carbocycles. The third kappa shape index (κ3) is 2.04. The molecule has 3 aromatic rings. The summed E-state index contributed by atoms with van der Waals surface area (Å²) in [5.74, 6) is 2.55. The minimum Gasteiger partial charge on any atom is -0.464 e. The lowest BCUT2D eigenvalue weighted by Gasteiger charge is -1.98. The van der Waals surface area contributed by atoms with Gasteiger partial charge in [-0.25, -0.2) is 4.98 Å². The van der Waals surface area contributed by atoms with Gasteiger partial charge in [0.05, 0.1) is 17.3 Å². The maximum absolute atomic E-state index is 5.41. The Morgan fingerprint density at radius 2 is 2.17 bits per heavy atom. The van der Waals surface area contributed by atoms with E-state index in [1.165, 1.54) is 0 Å². The van der Waals surface area contributed by atoms with Crippen molar-refractivity contribution in [3.63, 3.8) is 0 Å². The molecule has 92 valence electrons. The molecule has 0 saturated heterocycles. The zero-order valence-corrected chi connectivity index (χ0v) is 10.6. The molecule has 3 nitrogen and oxygen atoms in total. The van der Waals surface area contributed by atoms with Gasteiger partial charge in [-0.15, -0.1) is 0 Å². The lowest BCUT2D eigenvalue weighted by atomic mass is 10.1. The predicted octanol–water partition coefficient (Wildman–Crippen LogP) is 4.02. The number of aromatic nitrogens is 2. The lowest BCUT2D eigenvalue weighted by molar-refractivity contribution is 0.582. The van der Waals surface area contributed by atoms with E-state index in [1.807, 2.05) is 24.3 Å². The molecule has 0 bridgehead atoms. The Balaban J connectivity index is 2.02. The van der Waals surface area contributed by atoms with Gasteiger partial charge in [0, 0.05) is 12.0 Å². The number of H-pyrrole nitrogens is 1. The van der Waals surface area contributed by atoms with Crippen molar-refractivity contribution in [1.82, 2.24) is 9.97 Å². The largest absolute Gasteiger partial charge is 0.464 e. The van der Waals surface area contributed by atoms with Gasteiger partial charge in [-0.1, -0.05) is 13.8 Å². The Morgan fingerprint density at radius 3 is 2.89 bits per heavy atom. The smallest absolute Gasteiger partial charge is 0.133 e. The first-order valence-electron chi connectivity index (χ1n) is 6.25. The van der Waals surface area contributed by atoms with E-state index in [-0.39, 0.29) is 0 Å². The van der Waals surface area contributed by atoms with Crippen LogP contribution in [0.3, 0.4) is 0 Å². The van der Waals surface area contributed by atoms with Crippen LogP contribution < -0.4 is 0 Å². The van der Waals surface area contributed by atoms with Crippen LogP contribution in [0, 0.1) is 5.92 Å². The van der Waals surface area contributed by atoms with Crippen LogP contribution in [0.4, 0.5) is 0 Å². The summed E-state index contributed by atoms with van der Waals surface area (Å²) in [5.41, 5.74) is 3.16. The predicted molar refractivity (Wildman–Crippen MR) is 72.3 cm³/mol. The number of hydrogen-bond acceptors (Lipinski definition) is 2. The summed E-state index contributed by atoms with van der Waals surface area (Å²) in [6.45, 7) is 4.39. The Labute approximate surface area is 106 Å². The van der Waals surface area contributed by atoms with Gasteiger partial charge >= 0.3 is 0 Å². The van der Waals surface area contributed by atoms with E-state index in [9.17, 15) is 0 Å². The van der Waals surface area contributed by atoms with E-state index in [2.05, 4.69) is 29.9 Å². The van der Waals surface area contributed by atoms with Crippen molar-refractivity contribution in [1.29, 1.82) is 0 Å². The number of nitrogens with zero attached hydrogens (tertiary/aromatic N) is 1. The zero-order chi connectivity index (χ0) is 12.5. The van der Waals surface area contributed by atoms with Crippen molar-refractivity contribution in [3.05, 3.63) is 42.4 Å². The third-order valence-electron chi connectivity index (χ3n) is 2.94. The van der Waals surface area contributed by atoms with E-state index < -0.39 is 0 Å². The number of furan rings is 1. The molecule has 0 fully saturated rings. The highest BCUT2D eigenvalue weighted by atomic mass is 16.3. The highest BCUT2D eigenvalue weighted by Crippen LogP contribution is 2.24. The second kappa shape index (κ2) is 4.33. The van der Waals surface area contributed by atoms with Crippen LogP contribution in [0.15, 0.2) is 41.0 Å². The van der Waals surface area contributed by atoms with Crippen LogP contribution in [0.1, 0.15) is 19.7 Å². The molecule has 0 atom stereocenters. The maximum Gasteiger partial charge on any atom is 0.133 e. The van der Waals surface area contributed by atoms with Crippen LogP contribution in [-0.4, -0.2) is 9.97 Å². The summed E-state index contributed by atoms with van der Waals surface area (Å²) in [7, 11) is 0. The van der Waals surface area contributed by atoms with Gasteiger partial charge in [-0.2, -0.15) is 0 Å². The molecule has 0 amide bonds. The van der Waals surface area contributed by atoms with E-state index in [0.29, 0.717) is 5.92 Å². The average molecular weight is 240 g/mol. The molecule has 3 rings (SSSR count). The normalized spacial score (nSPS) is 11.5. The summed E-state index contributed by atoms with van der Waals surface area (Å²) >= 11 is 0. The number of nitrogens with one attached hydrogen (secondary N) is 1. The minimum absolute atomic E-state index is 0.607. The van der Waals surface area contributed by atoms with Gasteiger partial charge < -0.3 is 9.40 Å². The molecule has 2 heterocycles. The van der Waals surface area contributed by atoms with Gasteiger partial charge in [0.15, 0.2) is 0 Å². The Kier molecular flexibility index (Phi) is 2.67. The van der Waals surface area contributed by atoms with Crippen molar-refractivity contribution in [2.75, 3.05) is 0 Å². The van der Waals surface area contributed by atoms with Gasteiger partial charge in [0.1, 0.15) is 11.6 Å². The number of hydrogen-bond donors (Lipinski definition) is 1. The molecular weight excluding hydrogens is 224 g/mol. The topological polar surface area (TPSA) is 41.8 Å². The van der Waals surface area contributed by atoms with Crippen LogP contribution in [-0.2, 0) is 6.42 Å². The van der Waals surface area contributed by atoms with E-state index >= 15 is 0 Å². The molecule has 0 saturated carbocycles. The lowest BCUT2D eigenvalue weighted by Crippen LogP contribution is -1.95. The van der Waals surface area contributed by atoms with E-state index in [0.717, 1.165) is 34.6 Å². The highest BCUT2D eigenvalue weighted by Gasteiger charge is 2.07. The van der Waals surface area contributed by atoms with Crippen molar-refractivity contribution in [2.45, 2.75) is 20.3 Å². The standard InChI is InChI=1S/C15H16N2O/c1-10(2)8-15-16-12-6-5-11(9-13(12)17-15)14-4-3-7-18-14/h3-7,9-10H,8H2,1-2H3,(H,16,17). The third-order valence-corrected chi connectivity index (χ3v) is 2.94. The fourth-order valence-corrected chi connectivity index (χ4v) is 2.14. The van der Waals surface area contributed by atoms with Crippen LogP contribution in [0.25, 0.3) is 22.4 Å². The molecule has 2 aromatic heterocycles. The number of rotatable bonds is 3. The molecule has 0 unspecified atom stereocenters. The Hall–Kier alpha value is -2.03. The summed E-state index contributed by atoms with van der Waals surface area (Å²) < 4.78 is 5.41. The SMILES string of the molecule is CC(C)Cc1nc2ccc(-c3ccco3)cc2[nH]1. The van der Waals surface area contributed by atoms with Gasteiger partial charge in [0.2, 0.25) is 0 Å².